The van der Waals surface area contributed by atoms with E-state index in [2.05, 4.69) is 51.4 Å². The number of hydrogen-bond donors (Lipinski definition) is 0. The molecule has 0 saturated carbocycles. The summed E-state index contributed by atoms with van der Waals surface area (Å²) in [5, 5.41) is 7.16. The number of halogens is 3. The molecule has 2 aromatic carbocycles. The Morgan fingerprint density at radius 2 is 1.60 bits per heavy atom. The number of anilines is 1. The summed E-state index contributed by atoms with van der Waals surface area (Å²) in [5.41, 5.74) is 4.59. The van der Waals surface area contributed by atoms with Crippen LogP contribution in [-0.2, 0) is 17.8 Å². The third-order valence-corrected chi connectivity index (χ3v) is 8.60. The Labute approximate surface area is 275 Å². The van der Waals surface area contributed by atoms with Gasteiger partial charge in [-0.1, -0.05) is 37.4 Å². The number of rotatable bonds is 16. The average Bonchev–Trinajstić information content (AvgIpc) is 3.32. The lowest BCUT2D eigenvalue weighted by molar-refractivity contribution is 0.167. The Bertz CT molecular complexity index is 1240. The molecule has 2 heterocycles. The van der Waals surface area contributed by atoms with E-state index >= 15 is 0 Å². The first kappa shape index (κ1) is 37.2. The van der Waals surface area contributed by atoms with E-state index in [0.717, 1.165) is 111 Å². The van der Waals surface area contributed by atoms with Crippen LogP contribution in [0.3, 0.4) is 0 Å². The fourth-order valence-electron chi connectivity index (χ4n) is 5.74. The van der Waals surface area contributed by atoms with Crippen LogP contribution in [0.5, 0.6) is 11.5 Å². The summed E-state index contributed by atoms with van der Waals surface area (Å²) in [5.74, 6) is 1.48. The highest BCUT2D eigenvalue weighted by molar-refractivity contribution is 6.31. The summed E-state index contributed by atoms with van der Waals surface area (Å²) in [6.45, 7) is 13.8. The molecule has 242 valence electrons. The van der Waals surface area contributed by atoms with Gasteiger partial charge in [0.1, 0.15) is 0 Å². The van der Waals surface area contributed by atoms with E-state index in [0.29, 0.717) is 0 Å². The molecule has 0 amide bonds. The molecule has 3 aromatic rings. The summed E-state index contributed by atoms with van der Waals surface area (Å²) in [4.78, 5) is 7.51. The van der Waals surface area contributed by atoms with Gasteiger partial charge in [0.15, 0.2) is 11.5 Å². The lowest BCUT2D eigenvalue weighted by atomic mass is 10.1. The Kier molecular flexibility index (Phi) is 16.3. The summed E-state index contributed by atoms with van der Waals surface area (Å²) in [7, 11) is 5.16. The lowest BCUT2D eigenvalue weighted by Gasteiger charge is -2.37. The molecule has 8 nitrogen and oxygen atoms in total. The highest BCUT2D eigenvalue weighted by atomic mass is 35.5. The minimum absolute atomic E-state index is 0. The van der Waals surface area contributed by atoms with Gasteiger partial charge in [-0.15, -0.1) is 24.8 Å². The molecular weight excluding hydrogens is 609 g/mol. The predicted molar refractivity (Wildman–Crippen MR) is 183 cm³/mol. The molecule has 0 N–H and O–H groups in total. The van der Waals surface area contributed by atoms with Crippen LogP contribution in [0.15, 0.2) is 30.3 Å². The quantitative estimate of drug-likeness (QED) is 0.159. The molecule has 4 rings (SSSR count). The second kappa shape index (κ2) is 18.8. The van der Waals surface area contributed by atoms with Gasteiger partial charge >= 0.3 is 0 Å². The fourth-order valence-corrected chi connectivity index (χ4v) is 5.91. The smallest absolute Gasteiger partial charge is 0.162 e. The van der Waals surface area contributed by atoms with Crippen molar-refractivity contribution in [3.05, 3.63) is 46.6 Å². The van der Waals surface area contributed by atoms with Crippen molar-refractivity contribution in [2.75, 3.05) is 78.6 Å². The number of benzene rings is 2. The third kappa shape index (κ3) is 9.77. The number of ether oxygens (including phenoxy) is 3. The molecule has 1 fully saturated rings. The summed E-state index contributed by atoms with van der Waals surface area (Å²) in [6, 6.07) is 10.4. The van der Waals surface area contributed by atoms with Crippen LogP contribution in [-0.4, -0.2) is 93.3 Å². The van der Waals surface area contributed by atoms with E-state index in [1.807, 2.05) is 12.1 Å². The van der Waals surface area contributed by atoms with Crippen molar-refractivity contribution in [2.45, 2.75) is 52.6 Å². The van der Waals surface area contributed by atoms with Crippen molar-refractivity contribution >= 4 is 53.0 Å². The van der Waals surface area contributed by atoms with Crippen LogP contribution in [0.1, 0.15) is 43.9 Å². The largest absolute Gasteiger partial charge is 0.493 e. The highest BCUT2D eigenvalue weighted by Crippen LogP contribution is 2.34. The molecule has 1 aliphatic heterocycles. The Morgan fingerprint density at radius 3 is 2.28 bits per heavy atom. The summed E-state index contributed by atoms with van der Waals surface area (Å²) < 4.78 is 18.9. The van der Waals surface area contributed by atoms with E-state index < -0.39 is 0 Å². The zero-order valence-electron chi connectivity index (χ0n) is 26.4. The van der Waals surface area contributed by atoms with Crippen LogP contribution >= 0.6 is 36.4 Å². The van der Waals surface area contributed by atoms with Crippen molar-refractivity contribution in [3.63, 3.8) is 0 Å². The average molecular weight is 659 g/mol. The monoisotopic (exact) mass is 657 g/mol. The summed E-state index contributed by atoms with van der Waals surface area (Å²) in [6.07, 6.45) is 4.66. The molecular formula is C32H50Cl3N5O3. The predicted octanol–water partition coefficient (Wildman–Crippen LogP) is 6.71. The van der Waals surface area contributed by atoms with Gasteiger partial charge < -0.3 is 19.1 Å². The molecule has 0 unspecified atom stereocenters. The van der Waals surface area contributed by atoms with Gasteiger partial charge in [-0.2, -0.15) is 5.10 Å². The molecule has 1 saturated heterocycles. The Morgan fingerprint density at radius 1 is 0.907 bits per heavy atom. The Hall–Kier alpha value is -1.94. The zero-order chi connectivity index (χ0) is 29.2. The van der Waals surface area contributed by atoms with Gasteiger partial charge in [-0.25, -0.2) is 0 Å². The van der Waals surface area contributed by atoms with Crippen molar-refractivity contribution in [2.24, 2.45) is 0 Å². The summed E-state index contributed by atoms with van der Waals surface area (Å²) >= 11 is 6.39. The number of methoxy groups -OCH3 is 3. The van der Waals surface area contributed by atoms with Crippen molar-refractivity contribution in [1.82, 2.24) is 19.6 Å². The molecule has 43 heavy (non-hydrogen) atoms. The van der Waals surface area contributed by atoms with Crippen LogP contribution in [0.2, 0.25) is 5.02 Å². The van der Waals surface area contributed by atoms with E-state index in [-0.39, 0.29) is 24.8 Å². The van der Waals surface area contributed by atoms with Gasteiger partial charge in [0.05, 0.1) is 32.0 Å². The first-order valence-corrected chi connectivity index (χ1v) is 15.4. The van der Waals surface area contributed by atoms with Gasteiger partial charge in [0, 0.05) is 81.7 Å². The maximum atomic E-state index is 6.39. The third-order valence-electron chi connectivity index (χ3n) is 8.19. The molecule has 0 atom stereocenters. The molecule has 0 spiro atoms. The van der Waals surface area contributed by atoms with Crippen LogP contribution in [0, 0.1) is 6.92 Å². The number of piperazine rings is 1. The number of unbranched alkanes of at least 4 members (excludes halogenated alkanes) is 2. The fraction of sp³-hybridized carbons (Fsp3) is 0.594. The van der Waals surface area contributed by atoms with Crippen LogP contribution < -0.4 is 14.4 Å². The minimum Gasteiger partial charge on any atom is -0.493 e. The van der Waals surface area contributed by atoms with Crippen molar-refractivity contribution < 1.29 is 14.2 Å². The molecule has 1 aromatic heterocycles. The first-order valence-electron chi connectivity index (χ1n) is 15.0. The van der Waals surface area contributed by atoms with Crippen LogP contribution in [0.25, 0.3) is 10.9 Å². The van der Waals surface area contributed by atoms with Crippen molar-refractivity contribution in [1.29, 1.82) is 0 Å². The maximum Gasteiger partial charge on any atom is 0.162 e. The Balaban J connectivity index is 0.00000323. The topological polar surface area (TPSA) is 55.2 Å². The van der Waals surface area contributed by atoms with E-state index in [9.17, 15) is 0 Å². The molecule has 1 aliphatic rings. The second-order valence-corrected chi connectivity index (χ2v) is 11.3. The van der Waals surface area contributed by atoms with Gasteiger partial charge in [0.2, 0.25) is 0 Å². The van der Waals surface area contributed by atoms with Crippen LogP contribution in [0.4, 0.5) is 5.69 Å². The molecule has 11 heteroatoms. The number of nitrogens with zero attached hydrogens (tertiary/aromatic N) is 5. The minimum atomic E-state index is 0. The van der Waals surface area contributed by atoms with Gasteiger partial charge in [-0.05, 0) is 50.1 Å². The molecule has 0 aliphatic carbocycles. The van der Waals surface area contributed by atoms with Gasteiger partial charge in [0.25, 0.3) is 0 Å². The second-order valence-electron chi connectivity index (χ2n) is 10.9. The van der Waals surface area contributed by atoms with E-state index in [1.165, 1.54) is 24.9 Å². The molecule has 0 radical (unpaired) electrons. The first-order chi connectivity index (χ1) is 20.0. The standard InChI is InChI=1S/C32H48ClN5O3.2ClH/c1-6-7-8-13-36(14-10-21-39-3)24-28-26-22-31(40-4)32(41-5)23-30(26)38(34-28)20-17-35-15-18-37(19-16-35)29-12-9-11-27(33)25(29)2;;/h9,11-12,22-23H,6-8,10,13-21,24H2,1-5H3;2*1H. The normalized spacial score (nSPS) is 13.7. The maximum absolute atomic E-state index is 6.39. The van der Waals surface area contributed by atoms with Crippen molar-refractivity contribution in [3.8, 4) is 11.5 Å². The number of hydrogen-bond acceptors (Lipinski definition) is 7. The van der Waals surface area contributed by atoms with E-state index in [1.54, 1.807) is 21.3 Å². The SMILES string of the molecule is CCCCCN(CCCOC)Cc1nn(CCN2CCN(c3cccc(Cl)c3C)CC2)c2cc(OC)c(OC)cc12.Cl.Cl. The number of aromatic nitrogens is 2. The zero-order valence-corrected chi connectivity index (χ0v) is 28.8. The lowest BCUT2D eigenvalue weighted by Crippen LogP contribution is -2.47. The molecule has 0 bridgehead atoms. The van der Waals surface area contributed by atoms with Gasteiger partial charge in [-0.3, -0.25) is 14.5 Å². The highest BCUT2D eigenvalue weighted by Gasteiger charge is 2.21. The number of fused-ring (bicyclic) bond motifs is 1. The van der Waals surface area contributed by atoms with E-state index in [4.69, 9.17) is 30.9 Å².